The predicted molar refractivity (Wildman–Crippen MR) is 93.8 cm³/mol. The van der Waals surface area contributed by atoms with E-state index in [1.54, 1.807) is 24.3 Å². The van der Waals surface area contributed by atoms with Crippen LogP contribution in [0.3, 0.4) is 0 Å². The molecule has 0 spiro atoms. The summed E-state index contributed by atoms with van der Waals surface area (Å²) in [4.78, 5) is 11.8. The normalized spacial score (nSPS) is 18.8. The van der Waals surface area contributed by atoms with E-state index in [9.17, 15) is 18.3 Å². The van der Waals surface area contributed by atoms with Crippen LogP contribution in [0.25, 0.3) is 0 Å². The Hall–Kier alpha value is -2.58. The van der Waals surface area contributed by atoms with Crippen molar-refractivity contribution in [2.45, 2.75) is 23.9 Å². The highest BCUT2D eigenvalue weighted by molar-refractivity contribution is 7.89. The quantitative estimate of drug-likeness (QED) is 0.856. The van der Waals surface area contributed by atoms with Crippen molar-refractivity contribution in [3.05, 3.63) is 53.6 Å². The summed E-state index contributed by atoms with van der Waals surface area (Å²) in [5.74, 6) is -0.546. The number of benzene rings is 2. The minimum absolute atomic E-state index is 0.0199. The molecule has 1 unspecified atom stereocenters. The minimum atomic E-state index is -4.02. The fourth-order valence-corrected chi connectivity index (χ4v) is 4.88. The summed E-state index contributed by atoms with van der Waals surface area (Å²) in [7, 11) is -1.16. The molecule has 26 heavy (non-hydrogen) atoms. The van der Waals surface area contributed by atoms with Crippen LogP contribution in [0.4, 0.5) is 0 Å². The molecule has 138 valence electrons. The Balaban J connectivity index is 2.13. The largest absolute Gasteiger partial charge is 0.493 e. The first-order chi connectivity index (χ1) is 12.4. The maximum Gasteiger partial charge on any atom is 0.322 e. The fraction of sp³-hybridized carbons (Fsp3) is 0.278. The Bertz CT molecular complexity index is 926. The van der Waals surface area contributed by atoms with Crippen molar-refractivity contribution in [1.29, 1.82) is 0 Å². The van der Waals surface area contributed by atoms with Crippen LogP contribution in [0, 0.1) is 0 Å². The minimum Gasteiger partial charge on any atom is -0.493 e. The van der Waals surface area contributed by atoms with Crippen molar-refractivity contribution in [3.63, 3.8) is 0 Å². The molecule has 0 saturated carbocycles. The molecule has 8 heteroatoms. The molecule has 1 N–H and O–H groups in total. The molecule has 1 heterocycles. The van der Waals surface area contributed by atoms with Gasteiger partial charge >= 0.3 is 5.97 Å². The van der Waals surface area contributed by atoms with Crippen LogP contribution >= 0.6 is 0 Å². The number of carbonyl (C=O) groups is 1. The van der Waals surface area contributed by atoms with Crippen molar-refractivity contribution >= 4 is 16.0 Å². The van der Waals surface area contributed by atoms with E-state index in [0.29, 0.717) is 16.9 Å². The second-order valence-corrected chi connectivity index (χ2v) is 7.77. The van der Waals surface area contributed by atoms with E-state index >= 15 is 0 Å². The van der Waals surface area contributed by atoms with E-state index in [4.69, 9.17) is 9.47 Å². The highest BCUT2D eigenvalue weighted by Crippen LogP contribution is 2.38. The number of carboxylic acids is 1. The third-order valence-electron chi connectivity index (χ3n) is 4.38. The lowest BCUT2D eigenvalue weighted by Crippen LogP contribution is -2.49. The van der Waals surface area contributed by atoms with E-state index in [-0.39, 0.29) is 23.6 Å². The van der Waals surface area contributed by atoms with Gasteiger partial charge in [-0.1, -0.05) is 30.3 Å². The van der Waals surface area contributed by atoms with Crippen molar-refractivity contribution in [3.8, 4) is 11.5 Å². The van der Waals surface area contributed by atoms with Crippen LogP contribution < -0.4 is 9.47 Å². The van der Waals surface area contributed by atoms with Crippen LogP contribution in [0.2, 0.25) is 0 Å². The summed E-state index contributed by atoms with van der Waals surface area (Å²) in [5, 5.41) is 9.61. The van der Waals surface area contributed by atoms with Gasteiger partial charge in [0.25, 0.3) is 0 Å². The molecule has 0 aromatic heterocycles. The van der Waals surface area contributed by atoms with Gasteiger partial charge in [-0.25, -0.2) is 8.42 Å². The summed E-state index contributed by atoms with van der Waals surface area (Å²) < 4.78 is 37.7. The van der Waals surface area contributed by atoms with Crippen molar-refractivity contribution in [2.24, 2.45) is 0 Å². The molecule has 3 rings (SSSR count). The Labute approximate surface area is 151 Å². The molecule has 2 aromatic carbocycles. The van der Waals surface area contributed by atoms with E-state index in [0.717, 1.165) is 4.31 Å². The summed E-state index contributed by atoms with van der Waals surface area (Å²) >= 11 is 0. The zero-order valence-electron chi connectivity index (χ0n) is 14.4. The highest BCUT2D eigenvalue weighted by Gasteiger charge is 2.42. The lowest BCUT2D eigenvalue weighted by molar-refractivity contribution is -0.141. The molecular formula is C18H19NO6S. The van der Waals surface area contributed by atoms with E-state index in [1.807, 2.05) is 6.07 Å². The molecule has 0 radical (unpaired) electrons. The van der Waals surface area contributed by atoms with Gasteiger partial charge in [0, 0.05) is 19.0 Å². The second kappa shape index (κ2) is 6.97. The smallest absolute Gasteiger partial charge is 0.322 e. The molecule has 7 nitrogen and oxygen atoms in total. The van der Waals surface area contributed by atoms with Gasteiger partial charge in [0.05, 0.1) is 19.1 Å². The summed E-state index contributed by atoms with van der Waals surface area (Å²) in [6.07, 6.45) is 0.0527. The first-order valence-electron chi connectivity index (χ1n) is 7.92. The predicted octanol–water partition coefficient (Wildman–Crippen LogP) is 1.90. The monoisotopic (exact) mass is 377 g/mol. The third kappa shape index (κ3) is 3.13. The van der Waals surface area contributed by atoms with Gasteiger partial charge < -0.3 is 14.6 Å². The van der Waals surface area contributed by atoms with Crippen molar-refractivity contribution in [2.75, 3.05) is 14.2 Å². The summed E-state index contributed by atoms with van der Waals surface area (Å²) in [6.45, 7) is -0.0199. The van der Waals surface area contributed by atoms with Crippen LogP contribution in [0.5, 0.6) is 11.5 Å². The van der Waals surface area contributed by atoms with Gasteiger partial charge in [-0.2, -0.15) is 4.31 Å². The molecule has 0 aliphatic carbocycles. The Morgan fingerprint density at radius 2 is 1.77 bits per heavy atom. The molecule has 0 bridgehead atoms. The van der Waals surface area contributed by atoms with Crippen LogP contribution in [0.15, 0.2) is 47.4 Å². The van der Waals surface area contributed by atoms with Gasteiger partial charge in [-0.15, -0.1) is 0 Å². The first-order valence-corrected chi connectivity index (χ1v) is 9.36. The Morgan fingerprint density at radius 1 is 1.15 bits per heavy atom. The molecule has 1 atom stereocenters. The maximum atomic E-state index is 13.2. The molecule has 1 aliphatic heterocycles. The number of nitrogens with zero attached hydrogens (tertiary/aromatic N) is 1. The van der Waals surface area contributed by atoms with Crippen LogP contribution in [-0.4, -0.2) is 44.1 Å². The second-order valence-electron chi connectivity index (χ2n) is 5.91. The van der Waals surface area contributed by atoms with Crippen molar-refractivity contribution in [1.82, 2.24) is 4.31 Å². The van der Waals surface area contributed by atoms with Gasteiger partial charge in [-0.3, -0.25) is 4.79 Å². The average Bonchev–Trinajstić information content (AvgIpc) is 2.63. The van der Waals surface area contributed by atoms with Gasteiger partial charge in [-0.05, 0) is 17.2 Å². The summed E-state index contributed by atoms with van der Waals surface area (Å²) in [5.41, 5.74) is 1.12. The number of methoxy groups -OCH3 is 2. The molecular weight excluding hydrogens is 358 g/mol. The molecule has 0 saturated heterocycles. The van der Waals surface area contributed by atoms with Gasteiger partial charge in [0.15, 0.2) is 11.5 Å². The van der Waals surface area contributed by atoms with Crippen molar-refractivity contribution < 1.29 is 27.8 Å². The molecule has 1 aliphatic rings. The SMILES string of the molecule is COc1cc2c(cc1OC)S(=O)(=O)N(Cc1ccccc1)C(C(=O)O)C2. The first kappa shape index (κ1) is 18.2. The number of carboxylic acid groups (broad SMARTS) is 1. The van der Waals surface area contributed by atoms with E-state index < -0.39 is 22.0 Å². The lowest BCUT2D eigenvalue weighted by atomic mass is 10.0. The molecule has 0 fully saturated rings. The number of hydrogen-bond donors (Lipinski definition) is 1. The molecule has 2 aromatic rings. The highest BCUT2D eigenvalue weighted by atomic mass is 32.2. The van der Waals surface area contributed by atoms with Gasteiger partial charge in [0.1, 0.15) is 6.04 Å². The zero-order valence-corrected chi connectivity index (χ0v) is 15.2. The number of ether oxygens (including phenoxy) is 2. The lowest BCUT2D eigenvalue weighted by Gasteiger charge is -2.34. The number of sulfonamides is 1. The van der Waals surface area contributed by atoms with Crippen LogP contribution in [-0.2, 0) is 27.8 Å². The van der Waals surface area contributed by atoms with Gasteiger partial charge in [0.2, 0.25) is 10.0 Å². The maximum absolute atomic E-state index is 13.2. The fourth-order valence-electron chi connectivity index (χ4n) is 3.08. The average molecular weight is 377 g/mol. The standard InChI is InChI=1S/C18H19NO6S/c1-24-15-9-13-8-14(18(20)21)19(11-12-6-4-3-5-7-12)26(22,23)17(13)10-16(15)25-2/h3-7,9-10,14H,8,11H2,1-2H3,(H,20,21). The van der Waals surface area contributed by atoms with E-state index in [2.05, 4.69) is 0 Å². The summed E-state index contributed by atoms with van der Waals surface area (Å²) in [6, 6.07) is 10.6. The third-order valence-corrected chi connectivity index (χ3v) is 6.32. The zero-order chi connectivity index (χ0) is 18.9. The Morgan fingerprint density at radius 3 is 2.35 bits per heavy atom. The number of aliphatic carboxylic acids is 1. The van der Waals surface area contributed by atoms with E-state index in [1.165, 1.54) is 26.4 Å². The number of fused-ring (bicyclic) bond motifs is 1. The van der Waals surface area contributed by atoms with Crippen LogP contribution in [0.1, 0.15) is 11.1 Å². The Kier molecular flexibility index (Phi) is 4.88. The topological polar surface area (TPSA) is 93.1 Å². The molecule has 0 amide bonds. The number of rotatable bonds is 5. The number of hydrogen-bond acceptors (Lipinski definition) is 5.